The van der Waals surface area contributed by atoms with E-state index in [-0.39, 0.29) is 5.75 Å². The van der Waals surface area contributed by atoms with Gasteiger partial charge in [-0.2, -0.15) is 0 Å². The molecule has 12 heavy (non-hydrogen) atoms. The van der Waals surface area contributed by atoms with Crippen LogP contribution in [0.3, 0.4) is 0 Å². The summed E-state index contributed by atoms with van der Waals surface area (Å²) in [5.41, 5.74) is 0. The zero-order chi connectivity index (χ0) is 9.14. The predicted molar refractivity (Wildman–Crippen MR) is 46.4 cm³/mol. The zero-order valence-electron chi connectivity index (χ0n) is 6.80. The second-order valence-corrected chi connectivity index (χ2v) is 3.01. The highest BCUT2D eigenvalue weighted by Gasteiger charge is 2.07. The molecule has 0 fully saturated rings. The van der Waals surface area contributed by atoms with Gasteiger partial charge in [0.05, 0.1) is 7.11 Å². The van der Waals surface area contributed by atoms with E-state index in [1.165, 1.54) is 24.9 Å². The van der Waals surface area contributed by atoms with Crippen LogP contribution >= 0.6 is 11.8 Å². The van der Waals surface area contributed by atoms with Crippen LogP contribution in [0.1, 0.15) is 0 Å². The lowest BCUT2D eigenvalue weighted by atomic mass is 10.3. The fourth-order valence-electron chi connectivity index (χ4n) is 0.844. The minimum Gasteiger partial charge on any atom is -0.504 e. The van der Waals surface area contributed by atoms with Crippen molar-refractivity contribution < 1.29 is 14.2 Å². The summed E-state index contributed by atoms with van der Waals surface area (Å²) in [6.45, 7) is 0. The second kappa shape index (κ2) is 3.67. The highest BCUT2D eigenvalue weighted by molar-refractivity contribution is 7.98. The number of phenolic OH excluding ortho intramolecular Hbond substituents is 1. The summed E-state index contributed by atoms with van der Waals surface area (Å²) >= 11 is 1.27. The topological polar surface area (TPSA) is 29.5 Å². The highest BCUT2D eigenvalue weighted by Crippen LogP contribution is 2.32. The smallest absolute Gasteiger partial charge is 0.161 e. The molecule has 0 atom stereocenters. The number of hydrogen-bond donors (Lipinski definition) is 1. The van der Waals surface area contributed by atoms with Gasteiger partial charge >= 0.3 is 0 Å². The van der Waals surface area contributed by atoms with Crippen LogP contribution in [0.5, 0.6) is 11.5 Å². The number of benzene rings is 1. The maximum atomic E-state index is 12.9. The quantitative estimate of drug-likeness (QED) is 0.722. The highest BCUT2D eigenvalue weighted by atomic mass is 32.2. The summed E-state index contributed by atoms with van der Waals surface area (Å²) in [6.07, 6.45) is 1.76. The number of halogens is 1. The minimum absolute atomic E-state index is 0.173. The van der Waals surface area contributed by atoms with Crippen LogP contribution < -0.4 is 4.74 Å². The Morgan fingerprint density at radius 2 is 2.17 bits per heavy atom. The molecule has 0 saturated heterocycles. The number of methoxy groups -OCH3 is 1. The first-order valence-electron chi connectivity index (χ1n) is 3.29. The maximum absolute atomic E-state index is 12.9. The molecule has 66 valence electrons. The number of rotatable bonds is 2. The molecule has 0 spiro atoms. The lowest BCUT2D eigenvalue weighted by Crippen LogP contribution is -1.87. The van der Waals surface area contributed by atoms with Crippen LogP contribution in [0.15, 0.2) is 17.0 Å². The van der Waals surface area contributed by atoms with Crippen molar-refractivity contribution >= 4 is 11.8 Å². The summed E-state index contributed by atoms with van der Waals surface area (Å²) in [5.74, 6) is -0.311. The van der Waals surface area contributed by atoms with Gasteiger partial charge in [0.2, 0.25) is 0 Å². The van der Waals surface area contributed by atoms with Crippen LogP contribution in [-0.2, 0) is 0 Å². The molecule has 1 aromatic carbocycles. The van der Waals surface area contributed by atoms with Gasteiger partial charge in [-0.25, -0.2) is 4.39 Å². The molecule has 0 aliphatic heterocycles. The van der Waals surface area contributed by atoms with Gasteiger partial charge in [-0.3, -0.25) is 0 Å². The summed E-state index contributed by atoms with van der Waals surface area (Å²) in [5, 5.41) is 9.14. The molecule has 1 rings (SSSR count). The maximum Gasteiger partial charge on any atom is 0.161 e. The Morgan fingerprint density at radius 3 is 2.67 bits per heavy atom. The van der Waals surface area contributed by atoms with Crippen molar-refractivity contribution in [3.63, 3.8) is 0 Å². The van der Waals surface area contributed by atoms with Crippen molar-refractivity contribution in [2.75, 3.05) is 13.4 Å². The fourth-order valence-corrected chi connectivity index (χ4v) is 1.32. The van der Waals surface area contributed by atoms with Crippen LogP contribution in [0, 0.1) is 5.82 Å². The normalized spacial score (nSPS) is 9.92. The third-order valence-corrected chi connectivity index (χ3v) is 2.21. The molecular weight excluding hydrogens is 179 g/mol. The van der Waals surface area contributed by atoms with Gasteiger partial charge in [0.25, 0.3) is 0 Å². The van der Waals surface area contributed by atoms with Crippen LogP contribution in [0.2, 0.25) is 0 Å². The number of thioether (sulfide) groups is 1. The average molecular weight is 188 g/mol. The third-order valence-electron chi connectivity index (χ3n) is 1.45. The molecule has 0 heterocycles. The molecule has 1 N–H and O–H groups in total. The zero-order valence-corrected chi connectivity index (χ0v) is 7.61. The minimum atomic E-state index is -0.430. The molecule has 4 heteroatoms. The SMILES string of the molecule is COc1cc(SC)c(F)cc1O. The Labute approximate surface area is 74.4 Å². The lowest BCUT2D eigenvalue weighted by molar-refractivity contribution is 0.368. The first-order valence-corrected chi connectivity index (χ1v) is 4.52. The van der Waals surface area contributed by atoms with E-state index in [1.54, 1.807) is 6.26 Å². The van der Waals surface area contributed by atoms with E-state index < -0.39 is 5.82 Å². The van der Waals surface area contributed by atoms with E-state index in [1.807, 2.05) is 0 Å². The third kappa shape index (κ3) is 1.64. The molecule has 0 amide bonds. The first kappa shape index (κ1) is 9.19. The molecule has 0 aliphatic rings. The largest absolute Gasteiger partial charge is 0.504 e. The van der Waals surface area contributed by atoms with E-state index in [0.29, 0.717) is 10.6 Å². The molecule has 0 aliphatic carbocycles. The van der Waals surface area contributed by atoms with Crippen LogP contribution in [0.25, 0.3) is 0 Å². The van der Waals surface area contributed by atoms with Gasteiger partial charge in [-0.05, 0) is 6.26 Å². The Bertz CT molecular complexity index is 263. The van der Waals surface area contributed by atoms with Crippen LogP contribution in [-0.4, -0.2) is 18.5 Å². The van der Waals surface area contributed by atoms with E-state index in [4.69, 9.17) is 9.84 Å². The molecule has 0 saturated carbocycles. The van der Waals surface area contributed by atoms with Crippen molar-refractivity contribution in [2.45, 2.75) is 4.90 Å². The number of hydrogen-bond acceptors (Lipinski definition) is 3. The van der Waals surface area contributed by atoms with Gasteiger partial charge in [0, 0.05) is 17.0 Å². The van der Waals surface area contributed by atoms with Gasteiger partial charge in [-0.15, -0.1) is 11.8 Å². The second-order valence-electron chi connectivity index (χ2n) is 2.16. The Morgan fingerprint density at radius 1 is 1.50 bits per heavy atom. The molecule has 0 aromatic heterocycles. The summed E-state index contributed by atoms with van der Waals surface area (Å²) in [4.78, 5) is 0.463. The van der Waals surface area contributed by atoms with Gasteiger partial charge in [0.15, 0.2) is 11.5 Å². The van der Waals surface area contributed by atoms with Gasteiger partial charge < -0.3 is 9.84 Å². The van der Waals surface area contributed by atoms with Crippen molar-refractivity contribution in [2.24, 2.45) is 0 Å². The number of phenols is 1. The van der Waals surface area contributed by atoms with Crippen molar-refractivity contribution in [1.29, 1.82) is 0 Å². The monoisotopic (exact) mass is 188 g/mol. The molecule has 1 aromatic rings. The van der Waals surface area contributed by atoms with Crippen molar-refractivity contribution in [3.8, 4) is 11.5 Å². The van der Waals surface area contributed by atoms with Crippen LogP contribution in [0.4, 0.5) is 4.39 Å². The van der Waals surface area contributed by atoms with E-state index in [2.05, 4.69) is 0 Å². The number of ether oxygens (including phenoxy) is 1. The molecule has 0 bridgehead atoms. The number of aromatic hydroxyl groups is 1. The van der Waals surface area contributed by atoms with Gasteiger partial charge in [0.1, 0.15) is 5.82 Å². The Hall–Kier alpha value is -0.900. The van der Waals surface area contributed by atoms with E-state index in [0.717, 1.165) is 6.07 Å². The van der Waals surface area contributed by atoms with Crippen molar-refractivity contribution in [3.05, 3.63) is 17.9 Å². The summed E-state index contributed by atoms with van der Waals surface area (Å²) in [7, 11) is 1.43. The summed E-state index contributed by atoms with van der Waals surface area (Å²) in [6, 6.07) is 2.51. The lowest BCUT2D eigenvalue weighted by Gasteiger charge is -2.05. The Balaban J connectivity index is 3.18. The first-order chi connectivity index (χ1) is 5.69. The Kier molecular flexibility index (Phi) is 2.81. The molecule has 0 radical (unpaired) electrons. The fraction of sp³-hybridized carbons (Fsp3) is 0.250. The standard InChI is InChI=1S/C8H9FO2S/c1-11-7-4-8(12-2)5(9)3-6(7)10/h3-4,10H,1-2H3. The summed E-state index contributed by atoms with van der Waals surface area (Å²) < 4.78 is 17.7. The average Bonchev–Trinajstić information content (AvgIpc) is 2.05. The molecule has 2 nitrogen and oxygen atoms in total. The van der Waals surface area contributed by atoms with Crippen molar-refractivity contribution in [1.82, 2.24) is 0 Å². The van der Waals surface area contributed by atoms with E-state index in [9.17, 15) is 4.39 Å². The molecule has 0 unspecified atom stereocenters. The molecular formula is C8H9FO2S. The van der Waals surface area contributed by atoms with E-state index >= 15 is 0 Å². The predicted octanol–water partition coefficient (Wildman–Crippen LogP) is 2.26. The van der Waals surface area contributed by atoms with Gasteiger partial charge in [-0.1, -0.05) is 0 Å².